The number of amides is 7. The van der Waals surface area contributed by atoms with Gasteiger partial charge >= 0.3 is 41.5 Å². The topological polar surface area (TPSA) is 587 Å². The normalized spacial score (nSPS) is 17.1. The molecule has 5 heterocycles. The third-order valence-corrected chi connectivity index (χ3v) is 15.2. The number of nitro benzene ring substituents is 3. The van der Waals surface area contributed by atoms with Crippen LogP contribution in [0.4, 0.5) is 45.5 Å². The van der Waals surface area contributed by atoms with Crippen LogP contribution in [-0.4, -0.2) is 125 Å². The molecular weight excluding hydrogens is 1410 g/mol. The number of hydrazone groups is 5. The monoisotopic (exact) mass is 1500 g/mol. The van der Waals surface area contributed by atoms with Gasteiger partial charge in [-0.25, -0.2) is 27.1 Å². The van der Waals surface area contributed by atoms with E-state index in [2.05, 4.69) is 68.0 Å². The van der Waals surface area contributed by atoms with Crippen molar-refractivity contribution in [3.63, 3.8) is 0 Å². The van der Waals surface area contributed by atoms with Crippen LogP contribution in [0.1, 0.15) is 136 Å². The average molecular weight is 1500 g/mol. The molecule has 0 spiro atoms. The molecule has 0 bridgehead atoms. The molecule has 7 amide bonds. The SMILES string of the molecule is CC(=O)Nc1ccc(C2=NNC(=O)C[C@H]2C)cc1.CC(=O)Nc1ccc(C2=NNC(=O)C[C@H]2C)cc1[N+](=O)[O-].CC(=O)OC(C)=O.CCN(CC)c1ccc(C2=NNC(=O)C[C@H]2C)cc1[N+](=O)[O-].C[C@@H]1CC(=O)NN=C1c1ccc(N)c([N+](=O)[O-])c1.C[C@@H]1CC(=O)NN=C1c1ccc(N)cc1.O=[N+]([O-])O.[Na+].[OH-]. The molecule has 13 N–H and O–H groups in total. The Balaban J connectivity index is 0.000000438. The Morgan fingerprint density at radius 1 is 0.477 bits per heavy atom. The molecule has 39 nitrogen and oxygen atoms in total. The fraction of sp³-hybridized carbons (Fsp3) is 0.343. The Hall–Kier alpha value is -12.4. The molecular formula is C67H82N19NaO20. The quantitative estimate of drug-likeness (QED) is 0.0199. The van der Waals surface area contributed by atoms with E-state index in [-0.39, 0.29) is 146 Å². The number of carbonyl (C=O) groups excluding carboxylic acids is 9. The predicted molar refractivity (Wildman–Crippen MR) is 389 cm³/mol. The van der Waals surface area contributed by atoms with E-state index in [1.807, 2.05) is 108 Å². The summed E-state index contributed by atoms with van der Waals surface area (Å²) in [5, 5.41) is 72.2. The van der Waals surface area contributed by atoms with Gasteiger partial charge in [-0.05, 0) is 67.4 Å². The fourth-order valence-corrected chi connectivity index (χ4v) is 10.5. The van der Waals surface area contributed by atoms with Gasteiger partial charge in [0.15, 0.2) is 0 Å². The number of anilines is 5. The molecule has 0 aromatic heterocycles. The standard InChI is InChI=1S/C15H20N4O3.C13H14N4O4.C13H15N3O2.C11H12N4O3.C11H13N3O.C4H6O3.HNO3.Na.H2O/c1-4-18(5-2)12-7-6-11(9-13(12)19(21)22)15-10(3)8-14(20)16-17-15;1-7-5-12(19)15-16-13(7)9-3-4-10(14-8(2)18)11(6-9)17(20)21;1-8-7-12(18)15-16-13(8)10-3-5-11(6-4-10)14-9(2)17;1-6-4-10(16)13-14-11(6)7-2-3-8(12)9(5-7)15(17)18;1-7-6-10(15)13-14-11(7)8-2-4-9(12)5-3-8;1-3(5)7-4(2)6;2-1(3)4;;/h6-7,9-10H,4-5,8H2,1-3H3,(H,16,20);3-4,6-7H,5H2,1-2H3,(H,14,18)(H,15,19);3-6,8H,7H2,1-2H3,(H,14,17)(H,15,18);2-3,5-6H,4,12H2,1H3,(H,13,16);2-5,7H,6,12H2,1H3,(H,13,15);1-2H3;(H,2,3,4);;1H2/q;;;;;;;+1;/p-1/t10-;7-;8-;6-;7-;;;;/m11111..../s1. The Labute approximate surface area is 634 Å². The van der Waals surface area contributed by atoms with Crippen LogP contribution in [-0.2, 0) is 47.9 Å². The number of nitrogens with zero attached hydrogens (tertiary/aromatic N) is 10. The van der Waals surface area contributed by atoms with E-state index in [9.17, 15) is 73.5 Å². The second-order valence-corrected chi connectivity index (χ2v) is 23.7. The van der Waals surface area contributed by atoms with E-state index < -0.39 is 26.9 Å². The molecule has 5 aromatic rings. The van der Waals surface area contributed by atoms with Crippen molar-refractivity contribution < 1.29 is 108 Å². The van der Waals surface area contributed by atoms with Crippen molar-refractivity contribution in [2.75, 3.05) is 40.1 Å². The molecule has 0 fully saturated rings. The molecule has 0 radical (unpaired) electrons. The molecule has 0 unspecified atom stereocenters. The van der Waals surface area contributed by atoms with Gasteiger partial charge in [-0.3, -0.25) is 73.5 Å². The minimum absolute atomic E-state index is 0. The molecule has 0 aliphatic carbocycles. The molecule has 10 rings (SSSR count). The number of hydrogen-bond acceptors (Lipinski definition) is 27. The molecule has 0 saturated heterocycles. The smallest absolute Gasteiger partial charge is 0.870 e. The second kappa shape index (κ2) is 43.7. The number of nitrogens with one attached hydrogen (secondary N) is 7. The third-order valence-electron chi connectivity index (χ3n) is 15.2. The van der Waals surface area contributed by atoms with Crippen LogP contribution in [0.5, 0.6) is 0 Å². The van der Waals surface area contributed by atoms with Crippen LogP contribution >= 0.6 is 0 Å². The summed E-state index contributed by atoms with van der Waals surface area (Å²) in [6, 6.07) is 29.0. The Bertz CT molecular complexity index is 4260. The summed E-state index contributed by atoms with van der Waals surface area (Å²) < 4.78 is 3.97. The fourth-order valence-electron chi connectivity index (χ4n) is 10.5. The number of nitrogens with two attached hydrogens (primary N) is 2. The molecule has 40 heteroatoms. The molecule has 5 aromatic carbocycles. The first kappa shape index (κ1) is 90.7. The number of nitrogen functional groups attached to an aromatic ring is 2. The molecule has 5 aliphatic heterocycles. The van der Waals surface area contributed by atoms with Crippen molar-refractivity contribution in [2.45, 2.75) is 108 Å². The largest absolute Gasteiger partial charge is 1.00 e. The zero-order valence-electron chi connectivity index (χ0n) is 60.5. The first-order valence-electron chi connectivity index (χ1n) is 32.2. The van der Waals surface area contributed by atoms with E-state index in [1.165, 1.54) is 52.0 Å². The second-order valence-electron chi connectivity index (χ2n) is 23.7. The maximum Gasteiger partial charge on any atom is 1.00 e. The van der Waals surface area contributed by atoms with Gasteiger partial charge in [0.2, 0.25) is 41.4 Å². The van der Waals surface area contributed by atoms with E-state index in [0.29, 0.717) is 78.3 Å². The summed E-state index contributed by atoms with van der Waals surface area (Å²) in [4.78, 5) is 140. The molecule has 5 atom stereocenters. The van der Waals surface area contributed by atoms with Crippen LogP contribution in [0, 0.1) is 70.0 Å². The van der Waals surface area contributed by atoms with Gasteiger partial charge in [-0.1, -0.05) is 77.1 Å². The summed E-state index contributed by atoms with van der Waals surface area (Å²) in [6.07, 6.45) is 1.87. The van der Waals surface area contributed by atoms with Crippen molar-refractivity contribution in [2.24, 2.45) is 55.1 Å². The number of ether oxygens (including phenoxy) is 1. The van der Waals surface area contributed by atoms with Gasteiger partial charge in [0.1, 0.15) is 17.1 Å². The summed E-state index contributed by atoms with van der Waals surface area (Å²) >= 11 is 0. The van der Waals surface area contributed by atoms with Gasteiger partial charge < -0.3 is 42.4 Å². The number of esters is 2. The van der Waals surface area contributed by atoms with Gasteiger partial charge in [0.25, 0.3) is 22.1 Å². The maximum absolute atomic E-state index is 11.4. The molecule has 107 heavy (non-hydrogen) atoms. The van der Waals surface area contributed by atoms with Gasteiger partial charge in [0, 0.05) is 149 Å². The van der Waals surface area contributed by atoms with Gasteiger partial charge in [0.05, 0.1) is 43.3 Å². The number of nitro groups is 3. The summed E-state index contributed by atoms with van der Waals surface area (Å²) in [5.74, 6) is -2.19. The van der Waals surface area contributed by atoms with Crippen LogP contribution < -0.4 is 83.7 Å². The van der Waals surface area contributed by atoms with Crippen LogP contribution in [0.2, 0.25) is 0 Å². The summed E-state index contributed by atoms with van der Waals surface area (Å²) in [5.41, 5.74) is 32.7. The van der Waals surface area contributed by atoms with Crippen molar-refractivity contribution in [1.82, 2.24) is 27.1 Å². The number of benzene rings is 5. The maximum atomic E-state index is 11.4. The first-order chi connectivity index (χ1) is 49.4. The zero-order valence-corrected chi connectivity index (χ0v) is 62.5. The minimum Gasteiger partial charge on any atom is -0.870 e. The van der Waals surface area contributed by atoms with E-state index in [1.54, 1.807) is 24.3 Å². The Morgan fingerprint density at radius 3 is 1.07 bits per heavy atom. The predicted octanol–water partition coefficient (Wildman–Crippen LogP) is 3.96. The molecule has 5 aliphatic rings. The van der Waals surface area contributed by atoms with Crippen LogP contribution in [0.15, 0.2) is 129 Å². The summed E-state index contributed by atoms with van der Waals surface area (Å²) in [6.45, 7) is 20.0. The van der Waals surface area contributed by atoms with Crippen molar-refractivity contribution in [3.8, 4) is 0 Å². The number of rotatable bonds is 13. The Morgan fingerprint density at radius 2 is 0.766 bits per heavy atom. The average Bonchev–Trinajstić information content (AvgIpc) is 0.817. The minimum atomic E-state index is -1.50. The van der Waals surface area contributed by atoms with Gasteiger partial charge in [-0.2, -0.15) is 25.5 Å². The third kappa shape index (κ3) is 29.4. The van der Waals surface area contributed by atoms with Crippen molar-refractivity contribution in [3.05, 3.63) is 171 Å². The first-order valence-corrected chi connectivity index (χ1v) is 32.2. The van der Waals surface area contributed by atoms with Crippen LogP contribution in [0.25, 0.3) is 0 Å². The number of carbonyl (C=O) groups is 9. The zero-order chi connectivity index (χ0) is 78.5. The molecule has 0 saturated carbocycles. The van der Waals surface area contributed by atoms with Gasteiger partial charge in [-0.15, -0.1) is 10.1 Å². The summed E-state index contributed by atoms with van der Waals surface area (Å²) in [7, 11) is 0. The number of hydrogen-bond donors (Lipinski definition) is 10. The Kier molecular flexibility index (Phi) is 37.0. The van der Waals surface area contributed by atoms with Crippen molar-refractivity contribution >= 4 is 127 Å². The van der Waals surface area contributed by atoms with Crippen molar-refractivity contribution in [1.29, 1.82) is 0 Å². The van der Waals surface area contributed by atoms with E-state index in [0.717, 1.165) is 33.9 Å². The molecule has 566 valence electrons. The van der Waals surface area contributed by atoms with Crippen LogP contribution in [0.3, 0.4) is 0 Å². The van der Waals surface area contributed by atoms with E-state index >= 15 is 0 Å². The van der Waals surface area contributed by atoms with E-state index in [4.69, 9.17) is 26.8 Å².